The average molecular weight is 391 g/mol. The van der Waals surface area contributed by atoms with Gasteiger partial charge in [-0.1, -0.05) is 42.5 Å². The van der Waals surface area contributed by atoms with E-state index < -0.39 is 0 Å². The normalized spacial score (nSPS) is 11.7. The molecule has 0 bridgehead atoms. The number of fused-ring (bicyclic) bond motifs is 1. The molecule has 3 rings (SSSR count). The van der Waals surface area contributed by atoms with Crippen molar-refractivity contribution in [2.45, 2.75) is 19.9 Å². The molecule has 0 aliphatic carbocycles. The standard InChI is InChI=1S/C23H25N3O3/c1-15(19-10-6-8-17-7-4-5-9-20(17)19)24-14-23(28)26-21-13-18(25-16(2)27)11-12-22(21)29-3/h4-13,15,24H,14H2,1-3H3,(H,25,27)(H,26,28)/t15-/m1/s1. The SMILES string of the molecule is COc1ccc(NC(C)=O)cc1NC(=O)CN[C@H](C)c1cccc2ccccc12. The minimum atomic E-state index is -0.199. The fourth-order valence-corrected chi connectivity index (χ4v) is 3.26. The number of amides is 2. The molecule has 0 fully saturated rings. The second kappa shape index (κ2) is 9.21. The molecule has 3 aromatic carbocycles. The third-order valence-electron chi connectivity index (χ3n) is 4.65. The zero-order chi connectivity index (χ0) is 20.8. The van der Waals surface area contributed by atoms with Gasteiger partial charge >= 0.3 is 0 Å². The summed E-state index contributed by atoms with van der Waals surface area (Å²) in [4.78, 5) is 23.8. The summed E-state index contributed by atoms with van der Waals surface area (Å²) in [5.41, 5.74) is 2.23. The third-order valence-corrected chi connectivity index (χ3v) is 4.65. The van der Waals surface area contributed by atoms with Gasteiger partial charge in [0.1, 0.15) is 5.75 Å². The van der Waals surface area contributed by atoms with Crippen molar-refractivity contribution in [3.63, 3.8) is 0 Å². The van der Waals surface area contributed by atoms with E-state index in [1.165, 1.54) is 24.8 Å². The molecule has 0 spiro atoms. The Labute approximate surface area is 170 Å². The summed E-state index contributed by atoms with van der Waals surface area (Å²) in [6.45, 7) is 3.60. The van der Waals surface area contributed by atoms with Crippen LogP contribution in [0.4, 0.5) is 11.4 Å². The van der Waals surface area contributed by atoms with Gasteiger partial charge in [0.2, 0.25) is 11.8 Å². The first-order valence-corrected chi connectivity index (χ1v) is 9.44. The van der Waals surface area contributed by atoms with E-state index in [1.807, 2.05) is 25.1 Å². The zero-order valence-electron chi connectivity index (χ0n) is 16.8. The largest absolute Gasteiger partial charge is 0.495 e. The highest BCUT2D eigenvalue weighted by atomic mass is 16.5. The number of rotatable bonds is 7. The predicted octanol–water partition coefficient (Wildman–Crippen LogP) is 4.10. The van der Waals surface area contributed by atoms with Crippen molar-refractivity contribution in [3.05, 3.63) is 66.2 Å². The van der Waals surface area contributed by atoms with Crippen LogP contribution in [0, 0.1) is 0 Å². The van der Waals surface area contributed by atoms with Crippen LogP contribution in [-0.4, -0.2) is 25.5 Å². The Hall–Kier alpha value is -3.38. The lowest BCUT2D eigenvalue weighted by Crippen LogP contribution is -2.30. The summed E-state index contributed by atoms with van der Waals surface area (Å²) < 4.78 is 5.30. The van der Waals surface area contributed by atoms with Gasteiger partial charge in [-0.15, -0.1) is 0 Å². The van der Waals surface area contributed by atoms with Crippen molar-refractivity contribution >= 4 is 34.0 Å². The van der Waals surface area contributed by atoms with Gasteiger partial charge in [-0.05, 0) is 41.5 Å². The van der Waals surface area contributed by atoms with E-state index in [0.29, 0.717) is 17.1 Å². The summed E-state index contributed by atoms with van der Waals surface area (Å²) >= 11 is 0. The van der Waals surface area contributed by atoms with Crippen LogP contribution in [0.2, 0.25) is 0 Å². The van der Waals surface area contributed by atoms with Crippen LogP contribution >= 0.6 is 0 Å². The van der Waals surface area contributed by atoms with E-state index in [-0.39, 0.29) is 24.4 Å². The lowest BCUT2D eigenvalue weighted by Gasteiger charge is -2.17. The van der Waals surface area contributed by atoms with Crippen molar-refractivity contribution in [1.82, 2.24) is 5.32 Å². The number of hydrogen-bond acceptors (Lipinski definition) is 4. The molecule has 6 nitrogen and oxygen atoms in total. The maximum absolute atomic E-state index is 12.5. The maximum atomic E-state index is 12.5. The minimum absolute atomic E-state index is 0.000501. The first-order valence-electron chi connectivity index (χ1n) is 9.44. The maximum Gasteiger partial charge on any atom is 0.238 e. The smallest absolute Gasteiger partial charge is 0.238 e. The van der Waals surface area contributed by atoms with Crippen LogP contribution in [0.5, 0.6) is 5.75 Å². The number of methoxy groups -OCH3 is 1. The van der Waals surface area contributed by atoms with Crippen molar-refractivity contribution in [3.8, 4) is 5.75 Å². The van der Waals surface area contributed by atoms with Crippen LogP contribution in [0.25, 0.3) is 10.8 Å². The van der Waals surface area contributed by atoms with Gasteiger partial charge in [-0.25, -0.2) is 0 Å². The molecule has 0 unspecified atom stereocenters. The van der Waals surface area contributed by atoms with E-state index in [9.17, 15) is 9.59 Å². The van der Waals surface area contributed by atoms with Crippen molar-refractivity contribution in [1.29, 1.82) is 0 Å². The summed E-state index contributed by atoms with van der Waals surface area (Å²) in [7, 11) is 1.53. The highest BCUT2D eigenvalue weighted by molar-refractivity contribution is 5.96. The predicted molar refractivity (Wildman–Crippen MR) is 116 cm³/mol. The number of ether oxygens (including phenoxy) is 1. The third kappa shape index (κ3) is 5.12. The molecule has 0 saturated heterocycles. The van der Waals surface area contributed by atoms with E-state index >= 15 is 0 Å². The molecule has 150 valence electrons. The zero-order valence-corrected chi connectivity index (χ0v) is 16.8. The van der Waals surface area contributed by atoms with E-state index in [4.69, 9.17) is 4.74 Å². The molecule has 0 aromatic heterocycles. The summed E-state index contributed by atoms with van der Waals surface area (Å²) in [6, 6.07) is 19.4. The van der Waals surface area contributed by atoms with Crippen molar-refractivity contribution in [2.75, 3.05) is 24.3 Å². The van der Waals surface area contributed by atoms with Crippen LogP contribution in [0.3, 0.4) is 0 Å². The molecule has 3 aromatic rings. The molecule has 0 aliphatic heterocycles. The number of carbonyl (C=O) groups is 2. The van der Waals surface area contributed by atoms with Crippen molar-refractivity contribution in [2.24, 2.45) is 0 Å². The van der Waals surface area contributed by atoms with E-state index in [1.54, 1.807) is 18.2 Å². The molecule has 1 atom stereocenters. The molecule has 0 radical (unpaired) electrons. The number of hydrogen-bond donors (Lipinski definition) is 3. The quantitative estimate of drug-likeness (QED) is 0.567. The summed E-state index contributed by atoms with van der Waals surface area (Å²) in [6.07, 6.45) is 0. The van der Waals surface area contributed by atoms with Crippen molar-refractivity contribution < 1.29 is 14.3 Å². The highest BCUT2D eigenvalue weighted by Gasteiger charge is 2.13. The van der Waals surface area contributed by atoms with Gasteiger partial charge in [0.25, 0.3) is 0 Å². The fourth-order valence-electron chi connectivity index (χ4n) is 3.26. The Balaban J connectivity index is 1.67. The van der Waals surface area contributed by atoms with Gasteiger partial charge in [-0.2, -0.15) is 0 Å². The van der Waals surface area contributed by atoms with Gasteiger partial charge in [0.05, 0.1) is 19.3 Å². The minimum Gasteiger partial charge on any atom is -0.495 e. The second-order valence-corrected chi connectivity index (χ2v) is 6.82. The number of anilines is 2. The first-order chi connectivity index (χ1) is 14.0. The van der Waals surface area contributed by atoms with Crippen LogP contribution < -0.4 is 20.7 Å². The summed E-state index contributed by atoms with van der Waals surface area (Å²) in [5.74, 6) is 0.142. The molecule has 0 aliphatic rings. The Morgan fingerprint density at radius 2 is 1.76 bits per heavy atom. The Morgan fingerprint density at radius 3 is 2.52 bits per heavy atom. The summed E-state index contributed by atoms with van der Waals surface area (Å²) in [5, 5.41) is 11.1. The molecule has 0 saturated carbocycles. The van der Waals surface area contributed by atoms with Gasteiger partial charge in [0.15, 0.2) is 0 Å². The van der Waals surface area contributed by atoms with Crippen LogP contribution in [0.1, 0.15) is 25.5 Å². The average Bonchev–Trinajstić information content (AvgIpc) is 2.71. The molecule has 2 amide bonds. The highest BCUT2D eigenvalue weighted by Crippen LogP contribution is 2.28. The van der Waals surface area contributed by atoms with Gasteiger partial charge in [0, 0.05) is 18.7 Å². The number of benzene rings is 3. The lowest BCUT2D eigenvalue weighted by atomic mass is 10.00. The fraction of sp³-hybridized carbons (Fsp3) is 0.217. The topological polar surface area (TPSA) is 79.5 Å². The van der Waals surface area contributed by atoms with Gasteiger partial charge < -0.3 is 20.7 Å². The molecule has 0 heterocycles. The molecule has 3 N–H and O–H groups in total. The molecular weight excluding hydrogens is 366 g/mol. The molecule has 29 heavy (non-hydrogen) atoms. The molecular formula is C23H25N3O3. The lowest BCUT2D eigenvalue weighted by molar-refractivity contribution is -0.115. The van der Waals surface area contributed by atoms with E-state index in [2.05, 4.69) is 40.2 Å². The van der Waals surface area contributed by atoms with E-state index in [0.717, 1.165) is 5.56 Å². The Bertz CT molecular complexity index is 1030. The Kier molecular flexibility index (Phi) is 6.46. The van der Waals surface area contributed by atoms with Gasteiger partial charge in [-0.3, -0.25) is 9.59 Å². The number of nitrogens with one attached hydrogen (secondary N) is 3. The van der Waals surface area contributed by atoms with Crippen LogP contribution in [-0.2, 0) is 9.59 Å². The first kappa shape index (κ1) is 20.4. The number of carbonyl (C=O) groups excluding carboxylic acids is 2. The second-order valence-electron chi connectivity index (χ2n) is 6.82. The monoisotopic (exact) mass is 391 g/mol. The Morgan fingerprint density at radius 1 is 1.00 bits per heavy atom. The molecule has 6 heteroatoms. The van der Waals surface area contributed by atoms with Crippen LogP contribution in [0.15, 0.2) is 60.7 Å².